The summed E-state index contributed by atoms with van der Waals surface area (Å²) in [4.78, 5) is 20.9. The number of nitrogens with zero attached hydrogens (tertiary/aromatic N) is 1. The van der Waals surface area contributed by atoms with Crippen molar-refractivity contribution in [1.29, 1.82) is 0 Å². The molecule has 0 radical (unpaired) electrons. The molecule has 7 nitrogen and oxygen atoms in total. The number of methoxy groups -OCH3 is 1. The van der Waals surface area contributed by atoms with Gasteiger partial charge in [0.15, 0.2) is 6.10 Å². The molecule has 0 aromatic heterocycles. The van der Waals surface area contributed by atoms with Crippen molar-refractivity contribution in [2.24, 2.45) is 0 Å². The molecule has 1 unspecified atom stereocenters. The largest absolute Gasteiger partial charge is 0.464 e. The zero-order valence-electron chi connectivity index (χ0n) is 8.03. The molecule has 15 heavy (non-hydrogen) atoms. The predicted molar refractivity (Wildman–Crippen MR) is 47.7 cm³/mol. The highest BCUT2D eigenvalue weighted by atomic mass is 16.6. The van der Waals surface area contributed by atoms with Crippen LogP contribution in [0.1, 0.15) is 0 Å². The fraction of sp³-hybridized carbons (Fsp3) is 0.625. The molecule has 0 amide bonds. The smallest absolute Gasteiger partial charge is 0.384 e. The molecule has 1 heterocycles. The molecule has 0 fully saturated rings. The summed E-state index contributed by atoms with van der Waals surface area (Å²) in [5.41, 5.74) is 0. The number of aliphatic hydroxyl groups excluding tert-OH is 1. The average Bonchev–Trinajstić information content (AvgIpc) is 2.20. The fourth-order valence-corrected chi connectivity index (χ4v) is 1.22. The standard InChI is InChI=1S/C8H11NO6/c1-14-8(11)7(9(12)13)6-3-2-5(10)4-15-6/h2-3,5-7,10H,4H2,1H3/t5-,6-,7?/m1/s1. The van der Waals surface area contributed by atoms with Gasteiger partial charge in [-0.3, -0.25) is 10.1 Å². The van der Waals surface area contributed by atoms with Gasteiger partial charge >= 0.3 is 12.0 Å². The summed E-state index contributed by atoms with van der Waals surface area (Å²) in [6.45, 7) is -0.0670. The molecule has 1 N–H and O–H groups in total. The first-order chi connectivity index (χ1) is 7.06. The number of hydrogen-bond acceptors (Lipinski definition) is 6. The molecule has 84 valence electrons. The molecule has 0 aromatic rings. The molecule has 0 spiro atoms. The molecule has 0 aliphatic carbocycles. The summed E-state index contributed by atoms with van der Waals surface area (Å²) in [6, 6.07) is -1.58. The molecule has 0 aromatic carbocycles. The van der Waals surface area contributed by atoms with Crippen LogP contribution in [0.25, 0.3) is 0 Å². The van der Waals surface area contributed by atoms with E-state index in [0.717, 1.165) is 7.11 Å². The number of ether oxygens (including phenoxy) is 2. The van der Waals surface area contributed by atoms with Crippen LogP contribution in [-0.4, -0.2) is 48.0 Å². The molecule has 7 heteroatoms. The third-order valence-electron chi connectivity index (χ3n) is 1.96. The lowest BCUT2D eigenvalue weighted by molar-refractivity contribution is -0.520. The number of aliphatic hydroxyl groups is 1. The van der Waals surface area contributed by atoms with Gasteiger partial charge in [-0.25, -0.2) is 4.79 Å². The Bertz CT molecular complexity index is 289. The van der Waals surface area contributed by atoms with E-state index >= 15 is 0 Å². The zero-order chi connectivity index (χ0) is 11.4. The van der Waals surface area contributed by atoms with Crippen LogP contribution in [0.5, 0.6) is 0 Å². The first kappa shape index (κ1) is 11.6. The van der Waals surface area contributed by atoms with Crippen molar-refractivity contribution in [3.05, 3.63) is 22.3 Å². The second kappa shape index (κ2) is 4.85. The van der Waals surface area contributed by atoms with Gasteiger partial charge in [-0.05, 0) is 6.08 Å². The number of carbonyl (C=O) groups excluding carboxylic acids is 1. The number of esters is 1. The molecule has 1 aliphatic heterocycles. The average molecular weight is 217 g/mol. The van der Waals surface area contributed by atoms with E-state index in [1.165, 1.54) is 12.2 Å². The highest BCUT2D eigenvalue weighted by Crippen LogP contribution is 2.12. The Labute approximate surface area is 85.4 Å². The maximum Gasteiger partial charge on any atom is 0.384 e. The van der Waals surface area contributed by atoms with E-state index in [4.69, 9.17) is 9.84 Å². The van der Waals surface area contributed by atoms with Gasteiger partial charge < -0.3 is 14.6 Å². The van der Waals surface area contributed by atoms with Crippen LogP contribution < -0.4 is 0 Å². The number of carbonyl (C=O) groups is 1. The number of hydrogen-bond donors (Lipinski definition) is 1. The van der Waals surface area contributed by atoms with Crippen molar-refractivity contribution in [3.8, 4) is 0 Å². The Hall–Kier alpha value is -1.47. The Kier molecular flexibility index (Phi) is 3.75. The highest BCUT2D eigenvalue weighted by Gasteiger charge is 2.40. The van der Waals surface area contributed by atoms with Crippen LogP contribution in [-0.2, 0) is 14.3 Å². The Balaban J connectivity index is 2.77. The van der Waals surface area contributed by atoms with Crippen molar-refractivity contribution in [2.45, 2.75) is 18.2 Å². The minimum Gasteiger partial charge on any atom is -0.464 e. The van der Waals surface area contributed by atoms with Crippen LogP contribution in [0.3, 0.4) is 0 Å². The first-order valence-electron chi connectivity index (χ1n) is 4.25. The lowest BCUT2D eigenvalue weighted by atomic mass is 10.1. The summed E-state index contributed by atoms with van der Waals surface area (Å²) in [5, 5.41) is 19.7. The maximum absolute atomic E-state index is 11.1. The number of rotatable bonds is 3. The quantitative estimate of drug-likeness (QED) is 0.285. The Morgan fingerprint density at radius 1 is 1.73 bits per heavy atom. The van der Waals surface area contributed by atoms with E-state index in [1.807, 2.05) is 0 Å². The summed E-state index contributed by atoms with van der Waals surface area (Å²) in [5.74, 6) is -0.967. The van der Waals surface area contributed by atoms with Crippen molar-refractivity contribution in [2.75, 3.05) is 13.7 Å². The second-order valence-corrected chi connectivity index (χ2v) is 3.00. The third kappa shape index (κ3) is 2.74. The topological polar surface area (TPSA) is 98.9 Å². The lowest BCUT2D eigenvalue weighted by Crippen LogP contribution is -2.44. The van der Waals surface area contributed by atoms with Crippen LogP contribution >= 0.6 is 0 Å². The normalized spacial score (nSPS) is 27.1. The Morgan fingerprint density at radius 3 is 2.80 bits per heavy atom. The van der Waals surface area contributed by atoms with Crippen LogP contribution in [0.2, 0.25) is 0 Å². The van der Waals surface area contributed by atoms with E-state index in [-0.39, 0.29) is 6.61 Å². The lowest BCUT2D eigenvalue weighted by Gasteiger charge is -2.21. The summed E-state index contributed by atoms with van der Waals surface area (Å²) in [6.07, 6.45) is 0.869. The summed E-state index contributed by atoms with van der Waals surface area (Å²) >= 11 is 0. The van der Waals surface area contributed by atoms with Gasteiger partial charge in [0.05, 0.1) is 19.8 Å². The maximum atomic E-state index is 11.1. The van der Waals surface area contributed by atoms with E-state index in [2.05, 4.69) is 4.74 Å². The van der Waals surface area contributed by atoms with E-state index < -0.39 is 29.1 Å². The SMILES string of the molecule is COC(=O)C([C@H]1C=C[C@@H](O)CO1)[N+](=O)[O-]. The Morgan fingerprint density at radius 2 is 2.40 bits per heavy atom. The van der Waals surface area contributed by atoms with Gasteiger partial charge in [0, 0.05) is 4.92 Å². The van der Waals surface area contributed by atoms with Gasteiger partial charge in [0.25, 0.3) is 0 Å². The van der Waals surface area contributed by atoms with Crippen LogP contribution in [0, 0.1) is 10.1 Å². The number of nitro groups is 1. The molecule has 0 bridgehead atoms. The fourth-order valence-electron chi connectivity index (χ4n) is 1.22. The van der Waals surface area contributed by atoms with E-state index in [1.54, 1.807) is 0 Å². The van der Waals surface area contributed by atoms with Gasteiger partial charge in [0.2, 0.25) is 0 Å². The van der Waals surface area contributed by atoms with Gasteiger partial charge in [0.1, 0.15) is 0 Å². The van der Waals surface area contributed by atoms with Crippen LogP contribution in [0.15, 0.2) is 12.2 Å². The molecule has 0 saturated carbocycles. The minimum atomic E-state index is -1.58. The highest BCUT2D eigenvalue weighted by molar-refractivity contribution is 5.75. The van der Waals surface area contributed by atoms with Gasteiger partial charge in [-0.1, -0.05) is 6.08 Å². The zero-order valence-corrected chi connectivity index (χ0v) is 8.03. The van der Waals surface area contributed by atoms with Crippen molar-refractivity contribution in [1.82, 2.24) is 0 Å². The molecule has 1 rings (SSSR count). The van der Waals surface area contributed by atoms with Crippen molar-refractivity contribution in [3.63, 3.8) is 0 Å². The molecular weight excluding hydrogens is 206 g/mol. The predicted octanol–water partition coefficient (Wildman–Crippen LogP) is -0.879. The summed E-state index contributed by atoms with van der Waals surface area (Å²) in [7, 11) is 1.07. The third-order valence-corrected chi connectivity index (χ3v) is 1.96. The molecule has 0 saturated heterocycles. The van der Waals surface area contributed by atoms with E-state index in [0.29, 0.717) is 0 Å². The van der Waals surface area contributed by atoms with Gasteiger partial charge in [-0.2, -0.15) is 0 Å². The van der Waals surface area contributed by atoms with Crippen molar-refractivity contribution >= 4 is 5.97 Å². The first-order valence-corrected chi connectivity index (χ1v) is 4.25. The molecular formula is C8H11NO6. The molecule has 1 aliphatic rings. The minimum absolute atomic E-state index is 0.0670. The molecule has 3 atom stereocenters. The van der Waals surface area contributed by atoms with Crippen LogP contribution in [0.4, 0.5) is 0 Å². The second-order valence-electron chi connectivity index (χ2n) is 3.00. The van der Waals surface area contributed by atoms with E-state index in [9.17, 15) is 14.9 Å². The monoisotopic (exact) mass is 217 g/mol. The summed E-state index contributed by atoms with van der Waals surface area (Å²) < 4.78 is 9.25. The van der Waals surface area contributed by atoms with Crippen molar-refractivity contribution < 1.29 is 24.3 Å². The van der Waals surface area contributed by atoms with Gasteiger partial charge in [-0.15, -0.1) is 0 Å².